The Morgan fingerprint density at radius 1 is 1.17 bits per heavy atom. The second kappa shape index (κ2) is 8.38. The molecule has 1 saturated carbocycles. The summed E-state index contributed by atoms with van der Waals surface area (Å²) in [6, 6.07) is 0.216. The summed E-state index contributed by atoms with van der Waals surface area (Å²) in [5.74, 6) is 0.427. The summed E-state index contributed by atoms with van der Waals surface area (Å²) in [6.07, 6.45) is 7.14. The number of aryl methyl sites for hydroxylation is 1. The molecule has 1 aromatic rings. The van der Waals surface area contributed by atoms with Crippen LogP contribution in [0.5, 0.6) is 0 Å². The summed E-state index contributed by atoms with van der Waals surface area (Å²) in [4.78, 5) is 13.1. The Morgan fingerprint density at radius 3 is 2.38 bits per heavy atom. The Labute approximate surface area is 175 Å². The van der Waals surface area contributed by atoms with Crippen LogP contribution >= 0.6 is 0 Å². The van der Waals surface area contributed by atoms with Gasteiger partial charge in [0.05, 0.1) is 17.8 Å². The van der Waals surface area contributed by atoms with E-state index < -0.39 is 10.0 Å². The Morgan fingerprint density at radius 2 is 1.83 bits per heavy atom. The minimum Gasteiger partial charge on any atom is -0.353 e. The predicted molar refractivity (Wildman–Crippen MR) is 113 cm³/mol. The van der Waals surface area contributed by atoms with E-state index in [1.54, 1.807) is 18.7 Å². The van der Waals surface area contributed by atoms with E-state index in [0.717, 1.165) is 32.1 Å². The number of carbonyl (C=O) groups is 1. The van der Waals surface area contributed by atoms with Gasteiger partial charge in [0.25, 0.3) is 0 Å². The molecule has 1 aliphatic heterocycles. The molecule has 2 fully saturated rings. The summed E-state index contributed by atoms with van der Waals surface area (Å²) in [5, 5.41) is 7.27. The molecule has 0 radical (unpaired) electrons. The van der Waals surface area contributed by atoms with Crippen LogP contribution in [0.3, 0.4) is 0 Å². The van der Waals surface area contributed by atoms with Crippen LogP contribution in [0.25, 0.3) is 0 Å². The maximum absolute atomic E-state index is 13.1. The van der Waals surface area contributed by atoms with Gasteiger partial charge in [-0.05, 0) is 56.8 Å². The second-order valence-corrected chi connectivity index (χ2v) is 11.7. The fraction of sp³-hybridized carbons (Fsp3) is 0.810. The van der Waals surface area contributed by atoms with E-state index in [4.69, 9.17) is 0 Å². The van der Waals surface area contributed by atoms with Gasteiger partial charge in [0.2, 0.25) is 15.9 Å². The van der Waals surface area contributed by atoms with Crippen molar-refractivity contribution in [2.24, 2.45) is 24.3 Å². The summed E-state index contributed by atoms with van der Waals surface area (Å²) in [7, 11) is -1.89. The van der Waals surface area contributed by atoms with E-state index >= 15 is 0 Å². The monoisotopic (exact) mass is 424 g/mol. The van der Waals surface area contributed by atoms with Gasteiger partial charge in [0.1, 0.15) is 4.90 Å². The molecule has 2 heterocycles. The van der Waals surface area contributed by atoms with Gasteiger partial charge in [-0.3, -0.25) is 9.48 Å². The number of carbonyl (C=O) groups excluding carboxylic acids is 1. The highest BCUT2D eigenvalue weighted by Crippen LogP contribution is 2.38. The van der Waals surface area contributed by atoms with Crippen molar-refractivity contribution < 1.29 is 13.2 Å². The minimum atomic E-state index is -3.63. The lowest BCUT2D eigenvalue weighted by atomic mass is 9.71. The smallest absolute Gasteiger partial charge is 0.246 e. The summed E-state index contributed by atoms with van der Waals surface area (Å²) < 4.78 is 29.1. The summed E-state index contributed by atoms with van der Waals surface area (Å²) in [5.41, 5.74) is 0.935. The van der Waals surface area contributed by atoms with Crippen molar-refractivity contribution in [3.63, 3.8) is 0 Å². The van der Waals surface area contributed by atoms with Crippen molar-refractivity contribution >= 4 is 15.9 Å². The maximum atomic E-state index is 13.1. The van der Waals surface area contributed by atoms with Crippen LogP contribution in [0.4, 0.5) is 0 Å². The molecule has 1 N–H and O–H groups in total. The molecule has 3 rings (SSSR count). The maximum Gasteiger partial charge on any atom is 0.246 e. The zero-order valence-corrected chi connectivity index (χ0v) is 19.3. The van der Waals surface area contributed by atoms with Gasteiger partial charge in [-0.1, -0.05) is 20.8 Å². The molecule has 29 heavy (non-hydrogen) atoms. The average Bonchev–Trinajstić information content (AvgIpc) is 3.01. The Kier molecular flexibility index (Phi) is 6.44. The number of nitrogens with one attached hydrogen (secondary N) is 1. The first-order chi connectivity index (χ1) is 13.5. The number of nitrogens with zero attached hydrogens (tertiary/aromatic N) is 3. The molecule has 164 valence electrons. The first kappa shape index (κ1) is 22.3. The van der Waals surface area contributed by atoms with E-state index in [1.807, 2.05) is 0 Å². The van der Waals surface area contributed by atoms with Crippen molar-refractivity contribution in [3.05, 3.63) is 11.9 Å². The molecule has 1 saturated heterocycles. The highest BCUT2D eigenvalue weighted by molar-refractivity contribution is 7.89. The van der Waals surface area contributed by atoms with Gasteiger partial charge < -0.3 is 5.32 Å². The lowest BCUT2D eigenvalue weighted by molar-refractivity contribution is -0.127. The third kappa shape index (κ3) is 4.85. The summed E-state index contributed by atoms with van der Waals surface area (Å²) >= 11 is 0. The zero-order chi connectivity index (χ0) is 21.4. The highest BCUT2D eigenvalue weighted by Gasteiger charge is 2.36. The molecule has 1 amide bonds. The number of sulfonamides is 1. The van der Waals surface area contributed by atoms with E-state index in [0.29, 0.717) is 30.0 Å². The number of amides is 1. The van der Waals surface area contributed by atoms with Crippen LogP contribution in [-0.2, 0) is 21.9 Å². The number of hydrogen-bond acceptors (Lipinski definition) is 4. The van der Waals surface area contributed by atoms with Gasteiger partial charge in [0, 0.05) is 26.2 Å². The fourth-order valence-electron chi connectivity index (χ4n) is 4.67. The van der Waals surface area contributed by atoms with Gasteiger partial charge in [-0.15, -0.1) is 0 Å². The number of aromatic nitrogens is 2. The van der Waals surface area contributed by atoms with Crippen molar-refractivity contribution in [2.45, 2.75) is 77.2 Å². The van der Waals surface area contributed by atoms with Crippen LogP contribution in [0, 0.1) is 24.2 Å². The van der Waals surface area contributed by atoms with Gasteiger partial charge in [-0.2, -0.15) is 9.40 Å². The highest BCUT2D eigenvalue weighted by atomic mass is 32.2. The van der Waals surface area contributed by atoms with Crippen LogP contribution in [-0.4, -0.2) is 47.5 Å². The lowest BCUT2D eigenvalue weighted by Crippen LogP contribution is -2.48. The average molecular weight is 425 g/mol. The molecule has 1 aromatic heterocycles. The molecule has 1 aliphatic carbocycles. The first-order valence-corrected chi connectivity index (χ1v) is 12.2. The Hall–Kier alpha value is -1.41. The molecular formula is C21H36N4O3S. The summed E-state index contributed by atoms with van der Waals surface area (Å²) in [6.45, 7) is 9.33. The molecule has 8 heteroatoms. The van der Waals surface area contributed by atoms with Crippen molar-refractivity contribution in [1.82, 2.24) is 19.4 Å². The van der Waals surface area contributed by atoms with E-state index in [9.17, 15) is 13.2 Å². The van der Waals surface area contributed by atoms with Crippen LogP contribution < -0.4 is 5.32 Å². The lowest BCUT2D eigenvalue weighted by Gasteiger charge is -2.38. The van der Waals surface area contributed by atoms with Crippen molar-refractivity contribution in [1.29, 1.82) is 0 Å². The van der Waals surface area contributed by atoms with Gasteiger partial charge >= 0.3 is 0 Å². The van der Waals surface area contributed by atoms with E-state index in [-0.39, 0.29) is 29.3 Å². The molecule has 2 aliphatic rings. The fourth-order valence-corrected chi connectivity index (χ4v) is 6.38. The standard InChI is InChI=1S/C21H36N4O3S/c1-15-19(13-22-24(15)5)29(27,28)25-12-6-7-16(14-25)20(26)23-18-10-8-17(9-11-18)21(2,3)4/h13,16-18H,6-12,14H2,1-5H3,(H,23,26)/t16-,17?,18?/m0/s1. The number of hydrogen-bond donors (Lipinski definition) is 1. The quantitative estimate of drug-likeness (QED) is 0.805. The van der Waals surface area contributed by atoms with Gasteiger partial charge in [-0.25, -0.2) is 8.42 Å². The third-order valence-corrected chi connectivity index (χ3v) is 8.83. The van der Waals surface area contributed by atoms with Crippen molar-refractivity contribution in [2.75, 3.05) is 13.1 Å². The van der Waals surface area contributed by atoms with Crippen LogP contribution in [0.1, 0.15) is 65.0 Å². The molecule has 0 spiro atoms. The Balaban J connectivity index is 1.59. The largest absolute Gasteiger partial charge is 0.353 e. The Bertz CT molecular complexity index is 833. The molecular weight excluding hydrogens is 388 g/mol. The third-order valence-electron chi connectivity index (χ3n) is 6.86. The number of piperidine rings is 1. The molecule has 0 bridgehead atoms. The topological polar surface area (TPSA) is 84.3 Å². The number of rotatable bonds is 4. The molecule has 0 unspecified atom stereocenters. The predicted octanol–water partition coefficient (Wildman–Crippen LogP) is 2.85. The van der Waals surface area contributed by atoms with Crippen LogP contribution in [0.2, 0.25) is 0 Å². The van der Waals surface area contributed by atoms with Crippen LogP contribution in [0.15, 0.2) is 11.1 Å². The second-order valence-electron chi connectivity index (χ2n) is 9.84. The van der Waals surface area contributed by atoms with Crippen molar-refractivity contribution in [3.8, 4) is 0 Å². The zero-order valence-electron chi connectivity index (χ0n) is 18.4. The molecule has 7 nitrogen and oxygen atoms in total. The van der Waals surface area contributed by atoms with E-state index in [1.165, 1.54) is 10.5 Å². The van der Waals surface area contributed by atoms with E-state index in [2.05, 4.69) is 31.2 Å². The minimum absolute atomic E-state index is 0.00650. The molecule has 1 atom stereocenters. The van der Waals surface area contributed by atoms with Gasteiger partial charge in [0.15, 0.2) is 0 Å². The molecule has 0 aromatic carbocycles. The SMILES string of the molecule is Cc1c(S(=O)(=O)N2CCC[C@H](C(=O)NC3CCC(C(C)(C)C)CC3)C2)cnn1C. The first-order valence-electron chi connectivity index (χ1n) is 10.8. The normalized spacial score (nSPS) is 27.0.